The maximum Gasteiger partial charge on any atom is 0.226 e. The Hall–Kier alpha value is -2.68. The molecular formula is C22H28ClN5O5. The van der Waals surface area contributed by atoms with Gasteiger partial charge in [0.2, 0.25) is 11.8 Å². The normalized spacial score (nSPS) is 21.9. The number of nitrogens with zero attached hydrogens (tertiary/aromatic N) is 3. The Kier molecular flexibility index (Phi) is 8.66. The van der Waals surface area contributed by atoms with Gasteiger partial charge in [-0.3, -0.25) is 0 Å². The van der Waals surface area contributed by atoms with Crippen LogP contribution in [0.2, 0.25) is 5.15 Å². The van der Waals surface area contributed by atoms with Gasteiger partial charge in [-0.15, -0.1) is 0 Å². The number of pyridine rings is 1. The van der Waals surface area contributed by atoms with Crippen molar-refractivity contribution in [3.63, 3.8) is 0 Å². The number of nitrogens with one attached hydrogen (secondary N) is 2. The van der Waals surface area contributed by atoms with E-state index in [-0.39, 0.29) is 17.7 Å². The van der Waals surface area contributed by atoms with Crippen molar-refractivity contribution in [1.29, 1.82) is 0 Å². The van der Waals surface area contributed by atoms with E-state index in [1.54, 1.807) is 26.4 Å². The third kappa shape index (κ3) is 6.01. The second-order valence-corrected chi connectivity index (χ2v) is 7.99. The highest BCUT2D eigenvalue weighted by atomic mass is 35.5. The monoisotopic (exact) mass is 477 g/mol. The summed E-state index contributed by atoms with van der Waals surface area (Å²) < 4.78 is 10.2. The molecule has 1 saturated carbocycles. The van der Waals surface area contributed by atoms with Crippen LogP contribution in [0.3, 0.4) is 0 Å². The molecule has 1 aliphatic rings. The fourth-order valence-corrected chi connectivity index (χ4v) is 3.75. The number of aliphatic hydroxyl groups is 3. The number of ether oxygens (including phenoxy) is 2. The van der Waals surface area contributed by atoms with Gasteiger partial charge in [0.05, 0.1) is 31.6 Å². The van der Waals surface area contributed by atoms with E-state index >= 15 is 0 Å². The van der Waals surface area contributed by atoms with Crippen molar-refractivity contribution in [2.45, 2.75) is 31.6 Å². The van der Waals surface area contributed by atoms with Gasteiger partial charge in [0.25, 0.3) is 0 Å². The average molecular weight is 478 g/mol. The lowest BCUT2D eigenvalue weighted by atomic mass is 10.1. The van der Waals surface area contributed by atoms with Crippen molar-refractivity contribution in [2.75, 3.05) is 44.6 Å². The molecule has 33 heavy (non-hydrogen) atoms. The van der Waals surface area contributed by atoms with Crippen molar-refractivity contribution in [2.24, 2.45) is 5.92 Å². The number of aliphatic hydroxyl groups excluding tert-OH is 3. The average Bonchev–Trinajstić information content (AvgIpc) is 3.07. The summed E-state index contributed by atoms with van der Waals surface area (Å²) in [5.74, 6) is 6.64. The van der Waals surface area contributed by atoms with Gasteiger partial charge in [-0.1, -0.05) is 23.4 Å². The molecule has 0 bridgehead atoms. The van der Waals surface area contributed by atoms with E-state index in [4.69, 9.17) is 21.1 Å². The summed E-state index contributed by atoms with van der Waals surface area (Å²) in [6.07, 6.45) is -1.79. The number of aromatic nitrogens is 3. The van der Waals surface area contributed by atoms with E-state index in [2.05, 4.69) is 37.4 Å². The number of rotatable bonds is 8. The van der Waals surface area contributed by atoms with Crippen LogP contribution in [0.5, 0.6) is 5.88 Å². The third-order valence-electron chi connectivity index (χ3n) is 5.40. The zero-order valence-electron chi connectivity index (χ0n) is 18.7. The summed E-state index contributed by atoms with van der Waals surface area (Å²) in [4.78, 5) is 13.1. The molecular weight excluding hydrogens is 450 g/mol. The van der Waals surface area contributed by atoms with Crippen LogP contribution < -0.4 is 15.4 Å². The van der Waals surface area contributed by atoms with E-state index < -0.39 is 24.2 Å². The summed E-state index contributed by atoms with van der Waals surface area (Å²) in [6.45, 7) is 2.49. The first-order valence-corrected chi connectivity index (χ1v) is 10.8. The van der Waals surface area contributed by atoms with Gasteiger partial charge >= 0.3 is 0 Å². The van der Waals surface area contributed by atoms with Crippen molar-refractivity contribution in [3.8, 4) is 17.7 Å². The predicted octanol–water partition coefficient (Wildman–Crippen LogP) is 0.815. The number of halogens is 1. The van der Waals surface area contributed by atoms with Crippen LogP contribution in [0, 0.1) is 24.7 Å². The summed E-state index contributed by atoms with van der Waals surface area (Å²) in [5.41, 5.74) is 1.70. The third-order valence-corrected chi connectivity index (χ3v) is 5.68. The minimum absolute atomic E-state index is 0.116. The van der Waals surface area contributed by atoms with Gasteiger partial charge in [-0.05, 0) is 19.4 Å². The predicted molar refractivity (Wildman–Crippen MR) is 124 cm³/mol. The molecule has 2 aromatic rings. The summed E-state index contributed by atoms with van der Waals surface area (Å²) in [7, 11) is 3.13. The minimum atomic E-state index is -1.09. The van der Waals surface area contributed by atoms with Crippen molar-refractivity contribution >= 4 is 23.4 Å². The largest absolute Gasteiger partial charge is 0.481 e. The molecule has 4 atom stereocenters. The Balaban J connectivity index is 1.95. The molecule has 0 amide bonds. The lowest BCUT2D eigenvalue weighted by Crippen LogP contribution is -2.35. The minimum Gasteiger partial charge on any atom is -0.481 e. The van der Waals surface area contributed by atoms with E-state index in [1.165, 1.54) is 0 Å². The highest BCUT2D eigenvalue weighted by molar-refractivity contribution is 6.31. The highest BCUT2D eigenvalue weighted by Crippen LogP contribution is 2.31. The highest BCUT2D eigenvalue weighted by Gasteiger charge is 2.41. The van der Waals surface area contributed by atoms with Gasteiger partial charge in [0, 0.05) is 37.8 Å². The van der Waals surface area contributed by atoms with Gasteiger partial charge in [-0.25, -0.2) is 4.98 Å². The Morgan fingerprint density at radius 1 is 1.15 bits per heavy atom. The van der Waals surface area contributed by atoms with Crippen LogP contribution in [0.1, 0.15) is 23.2 Å². The van der Waals surface area contributed by atoms with Crippen LogP contribution in [-0.4, -0.2) is 82.5 Å². The lowest BCUT2D eigenvalue weighted by Gasteiger charge is -2.20. The zero-order valence-corrected chi connectivity index (χ0v) is 19.4. The van der Waals surface area contributed by atoms with Crippen LogP contribution >= 0.6 is 11.6 Å². The molecule has 5 N–H and O–H groups in total. The molecule has 178 valence electrons. The van der Waals surface area contributed by atoms with Gasteiger partial charge in [0.1, 0.15) is 17.5 Å². The van der Waals surface area contributed by atoms with Crippen molar-refractivity contribution in [1.82, 2.24) is 15.0 Å². The Morgan fingerprint density at radius 3 is 2.58 bits per heavy atom. The standard InChI is InChI=1S/C22H28ClN5O5/c1-12-13(5-7-17(25-12)33-3)4-6-15-20(23)27-22(24-8-9-32-2)28-21(15)26-16-10-14(11-29)18(30)19(16)31/h5,7,14,16,18-19,29-31H,8-11H2,1-3H3,(H2,24,26,27,28)/t14-,16-,18-,19+/m1/s1. The summed E-state index contributed by atoms with van der Waals surface area (Å²) in [5, 5.41) is 36.3. The van der Waals surface area contributed by atoms with E-state index in [9.17, 15) is 15.3 Å². The molecule has 1 aliphatic carbocycles. The number of hydrogen-bond donors (Lipinski definition) is 5. The van der Waals surface area contributed by atoms with Crippen LogP contribution in [0.4, 0.5) is 11.8 Å². The number of anilines is 2. The molecule has 11 heteroatoms. The Morgan fingerprint density at radius 2 is 1.94 bits per heavy atom. The van der Waals surface area contributed by atoms with Crippen LogP contribution in [0.25, 0.3) is 0 Å². The molecule has 0 spiro atoms. The summed E-state index contributed by atoms with van der Waals surface area (Å²) >= 11 is 6.46. The second kappa shape index (κ2) is 11.4. The molecule has 0 saturated heterocycles. The van der Waals surface area contributed by atoms with Crippen LogP contribution in [-0.2, 0) is 4.74 Å². The fraction of sp³-hybridized carbons (Fsp3) is 0.500. The topological polar surface area (TPSA) is 142 Å². The van der Waals surface area contributed by atoms with Crippen molar-refractivity contribution in [3.05, 3.63) is 34.1 Å². The number of hydrogen-bond acceptors (Lipinski definition) is 10. The second-order valence-electron chi connectivity index (χ2n) is 7.63. The Labute approximate surface area is 197 Å². The summed E-state index contributed by atoms with van der Waals surface area (Å²) in [6, 6.07) is 2.95. The maximum absolute atomic E-state index is 10.4. The molecule has 3 rings (SSSR count). The molecule has 0 unspecified atom stereocenters. The first kappa shape index (κ1) is 25.0. The molecule has 10 nitrogen and oxygen atoms in total. The Bertz CT molecular complexity index is 1030. The first-order valence-electron chi connectivity index (χ1n) is 10.5. The quantitative estimate of drug-likeness (QED) is 0.210. The smallest absolute Gasteiger partial charge is 0.226 e. The molecule has 0 aliphatic heterocycles. The fourth-order valence-electron chi connectivity index (χ4n) is 3.53. The molecule has 0 aromatic carbocycles. The van der Waals surface area contributed by atoms with Crippen molar-refractivity contribution < 1.29 is 24.8 Å². The number of aryl methyl sites for hydroxylation is 1. The lowest BCUT2D eigenvalue weighted by molar-refractivity contribution is 0.00445. The molecule has 1 fully saturated rings. The molecule has 2 aromatic heterocycles. The van der Waals surface area contributed by atoms with Gasteiger partial charge < -0.3 is 35.4 Å². The van der Waals surface area contributed by atoms with Crippen LogP contribution in [0.15, 0.2) is 12.1 Å². The number of methoxy groups -OCH3 is 2. The first-order chi connectivity index (χ1) is 15.9. The van der Waals surface area contributed by atoms with E-state index in [1.807, 2.05) is 6.92 Å². The van der Waals surface area contributed by atoms with Gasteiger partial charge in [-0.2, -0.15) is 9.97 Å². The zero-order chi connectivity index (χ0) is 24.0. The molecule has 2 heterocycles. The van der Waals surface area contributed by atoms with E-state index in [0.29, 0.717) is 48.1 Å². The van der Waals surface area contributed by atoms with Gasteiger partial charge in [0.15, 0.2) is 5.15 Å². The maximum atomic E-state index is 10.4. The van der Waals surface area contributed by atoms with E-state index in [0.717, 1.165) is 0 Å². The molecule has 0 radical (unpaired) electrons. The SMILES string of the molecule is COCCNc1nc(Cl)c(C#Cc2ccc(OC)nc2C)c(N[C@@H]2C[C@H](CO)[C@@H](O)[C@H]2O)n1.